The minimum Gasteiger partial charge on any atom is -0.381 e. The van der Waals surface area contributed by atoms with Crippen molar-refractivity contribution in [3.63, 3.8) is 0 Å². The van der Waals surface area contributed by atoms with Gasteiger partial charge < -0.3 is 15.0 Å². The number of hydrogen-bond donors (Lipinski definition) is 1. The van der Waals surface area contributed by atoms with Crippen LogP contribution in [0.1, 0.15) is 49.4 Å². The fraction of sp³-hybridized carbons (Fsp3) is 0.700. The van der Waals surface area contributed by atoms with Crippen LogP contribution >= 0.6 is 0 Å². The van der Waals surface area contributed by atoms with Gasteiger partial charge in [-0.15, -0.1) is 0 Å². The Morgan fingerprint density at radius 3 is 2.86 bits per heavy atom. The van der Waals surface area contributed by atoms with Crippen LogP contribution in [0.3, 0.4) is 0 Å². The fourth-order valence-corrected chi connectivity index (χ4v) is 3.82. The Labute approximate surface area is 163 Å². The summed E-state index contributed by atoms with van der Waals surface area (Å²) in [7, 11) is 0. The average molecular weight is 399 g/mol. The predicted molar refractivity (Wildman–Crippen MR) is 98.6 cm³/mol. The number of rotatable bonds is 6. The van der Waals surface area contributed by atoms with Crippen molar-refractivity contribution in [2.24, 2.45) is 5.92 Å². The molecule has 1 aromatic heterocycles. The Morgan fingerprint density at radius 2 is 2.14 bits per heavy atom. The van der Waals surface area contributed by atoms with E-state index in [2.05, 4.69) is 10.3 Å². The number of halogens is 3. The standard InChI is InChI=1S/C20H28F3N3O2/c1-14(3-2-7-24-17-5-9-28-10-6-17)19(27)26-8-4-18-15(13-26)11-16(12-25-18)20(21,22)23/h11-12,14,17,24H,2-10,13H2,1H3/t14-/m1/s1. The number of nitrogens with one attached hydrogen (secondary N) is 1. The Morgan fingerprint density at radius 1 is 1.39 bits per heavy atom. The van der Waals surface area contributed by atoms with Crippen LogP contribution in [0.25, 0.3) is 0 Å². The van der Waals surface area contributed by atoms with Gasteiger partial charge in [-0.05, 0) is 43.9 Å². The molecule has 3 rings (SSSR count). The van der Waals surface area contributed by atoms with Crippen LogP contribution in [0.5, 0.6) is 0 Å². The molecule has 0 bridgehead atoms. The zero-order valence-electron chi connectivity index (χ0n) is 16.2. The molecule has 0 aromatic carbocycles. The quantitative estimate of drug-likeness (QED) is 0.747. The Hall–Kier alpha value is -1.67. The molecule has 2 aliphatic heterocycles. The Bertz CT molecular complexity index is 675. The second-order valence-corrected chi connectivity index (χ2v) is 7.72. The normalized spacial score (nSPS) is 19.4. The van der Waals surface area contributed by atoms with Gasteiger partial charge in [0.2, 0.25) is 5.91 Å². The lowest BCUT2D eigenvalue weighted by atomic mass is 9.99. The molecule has 1 atom stereocenters. The lowest BCUT2D eigenvalue weighted by Gasteiger charge is -2.31. The molecule has 5 nitrogen and oxygen atoms in total. The predicted octanol–water partition coefficient (Wildman–Crippen LogP) is 3.17. The van der Waals surface area contributed by atoms with Crippen molar-refractivity contribution in [1.29, 1.82) is 0 Å². The number of alkyl halides is 3. The summed E-state index contributed by atoms with van der Waals surface area (Å²) in [6.07, 6.45) is 0.666. The van der Waals surface area contributed by atoms with Gasteiger partial charge in [-0.2, -0.15) is 13.2 Å². The largest absolute Gasteiger partial charge is 0.417 e. The summed E-state index contributed by atoms with van der Waals surface area (Å²) in [6, 6.07) is 1.62. The van der Waals surface area contributed by atoms with E-state index >= 15 is 0 Å². The highest BCUT2D eigenvalue weighted by atomic mass is 19.4. The summed E-state index contributed by atoms with van der Waals surface area (Å²) < 4.78 is 44.1. The number of aromatic nitrogens is 1. The minimum absolute atomic E-state index is 0.00845. The van der Waals surface area contributed by atoms with E-state index < -0.39 is 11.7 Å². The van der Waals surface area contributed by atoms with E-state index in [-0.39, 0.29) is 18.4 Å². The first-order valence-corrected chi connectivity index (χ1v) is 9.99. The van der Waals surface area contributed by atoms with Gasteiger partial charge in [0.25, 0.3) is 0 Å². The first-order chi connectivity index (χ1) is 13.3. The third-order valence-corrected chi connectivity index (χ3v) is 5.57. The van der Waals surface area contributed by atoms with Gasteiger partial charge in [0, 0.05) is 56.6 Å². The highest BCUT2D eigenvalue weighted by molar-refractivity contribution is 5.78. The molecule has 1 fully saturated rings. The van der Waals surface area contributed by atoms with Crippen LogP contribution in [-0.2, 0) is 28.7 Å². The van der Waals surface area contributed by atoms with Crippen LogP contribution in [0.15, 0.2) is 12.3 Å². The van der Waals surface area contributed by atoms with E-state index in [1.165, 1.54) is 0 Å². The molecule has 1 saturated heterocycles. The zero-order valence-corrected chi connectivity index (χ0v) is 16.2. The molecule has 0 radical (unpaired) electrons. The number of carbonyl (C=O) groups excluding carboxylic acids is 1. The maximum Gasteiger partial charge on any atom is 0.417 e. The summed E-state index contributed by atoms with van der Waals surface area (Å²) in [5.74, 6) is -0.133. The van der Waals surface area contributed by atoms with Crippen LogP contribution in [0.4, 0.5) is 13.2 Å². The molecule has 0 aliphatic carbocycles. The van der Waals surface area contributed by atoms with E-state index in [9.17, 15) is 18.0 Å². The molecule has 8 heteroatoms. The number of pyridine rings is 1. The van der Waals surface area contributed by atoms with Crippen molar-refractivity contribution in [3.05, 3.63) is 29.1 Å². The van der Waals surface area contributed by atoms with Gasteiger partial charge in [-0.3, -0.25) is 9.78 Å². The lowest BCUT2D eigenvalue weighted by molar-refractivity contribution is -0.137. The third kappa shape index (κ3) is 5.44. The van der Waals surface area contributed by atoms with Gasteiger partial charge in [0.05, 0.1) is 5.56 Å². The number of carbonyl (C=O) groups is 1. The maximum absolute atomic E-state index is 12.9. The highest BCUT2D eigenvalue weighted by Crippen LogP contribution is 2.31. The van der Waals surface area contributed by atoms with Crippen molar-refractivity contribution in [1.82, 2.24) is 15.2 Å². The number of nitrogens with zero attached hydrogens (tertiary/aromatic N) is 2. The van der Waals surface area contributed by atoms with Crippen LogP contribution < -0.4 is 5.32 Å². The van der Waals surface area contributed by atoms with E-state index in [1.54, 1.807) is 4.90 Å². The second kappa shape index (κ2) is 9.22. The molecule has 3 heterocycles. The summed E-state index contributed by atoms with van der Waals surface area (Å²) in [6.45, 7) is 5.08. The Kier molecular flexibility index (Phi) is 6.93. The van der Waals surface area contributed by atoms with Gasteiger partial charge in [-0.25, -0.2) is 0 Å². The summed E-state index contributed by atoms with van der Waals surface area (Å²) in [5, 5.41) is 3.51. The molecule has 0 unspecified atom stereocenters. The van der Waals surface area contributed by atoms with Crippen molar-refractivity contribution in [3.8, 4) is 0 Å². The second-order valence-electron chi connectivity index (χ2n) is 7.72. The highest BCUT2D eigenvalue weighted by Gasteiger charge is 2.33. The minimum atomic E-state index is -4.42. The van der Waals surface area contributed by atoms with E-state index in [1.807, 2.05) is 6.92 Å². The topological polar surface area (TPSA) is 54.5 Å². The third-order valence-electron chi connectivity index (χ3n) is 5.57. The van der Waals surface area contributed by atoms with Crippen LogP contribution in [0, 0.1) is 5.92 Å². The van der Waals surface area contributed by atoms with Gasteiger partial charge in [0.1, 0.15) is 0 Å². The first-order valence-electron chi connectivity index (χ1n) is 9.99. The van der Waals surface area contributed by atoms with Crippen molar-refractivity contribution in [2.75, 3.05) is 26.3 Å². The van der Waals surface area contributed by atoms with Crippen molar-refractivity contribution < 1.29 is 22.7 Å². The molecule has 156 valence electrons. The van der Waals surface area contributed by atoms with Crippen LogP contribution in [-0.4, -0.2) is 48.1 Å². The summed E-state index contributed by atoms with van der Waals surface area (Å²) in [5.41, 5.74) is 0.404. The summed E-state index contributed by atoms with van der Waals surface area (Å²) in [4.78, 5) is 18.4. The summed E-state index contributed by atoms with van der Waals surface area (Å²) >= 11 is 0. The fourth-order valence-electron chi connectivity index (χ4n) is 3.82. The monoisotopic (exact) mass is 399 g/mol. The number of ether oxygens (including phenoxy) is 1. The first kappa shape index (κ1) is 21.0. The number of amides is 1. The molecular formula is C20H28F3N3O2. The number of fused-ring (bicyclic) bond motifs is 1. The SMILES string of the molecule is C[C@H](CCCNC1CCOCC1)C(=O)N1CCc2ncc(C(F)(F)F)cc2C1. The Balaban J connectivity index is 1.47. The molecular weight excluding hydrogens is 371 g/mol. The van der Waals surface area contributed by atoms with Gasteiger partial charge in [0.15, 0.2) is 0 Å². The van der Waals surface area contributed by atoms with Crippen molar-refractivity contribution in [2.45, 2.75) is 57.8 Å². The molecule has 1 N–H and O–H groups in total. The van der Waals surface area contributed by atoms with E-state index in [0.29, 0.717) is 30.3 Å². The smallest absolute Gasteiger partial charge is 0.381 e. The zero-order chi connectivity index (χ0) is 20.1. The lowest BCUT2D eigenvalue weighted by Crippen LogP contribution is -2.40. The maximum atomic E-state index is 12.9. The number of hydrogen-bond acceptors (Lipinski definition) is 4. The molecule has 0 spiro atoms. The molecule has 2 aliphatic rings. The molecule has 0 saturated carbocycles. The van der Waals surface area contributed by atoms with Gasteiger partial charge in [-0.1, -0.05) is 6.92 Å². The molecule has 1 amide bonds. The van der Waals surface area contributed by atoms with E-state index in [0.717, 1.165) is 57.7 Å². The molecule has 28 heavy (non-hydrogen) atoms. The van der Waals surface area contributed by atoms with Crippen LogP contribution in [0.2, 0.25) is 0 Å². The molecule has 1 aromatic rings. The van der Waals surface area contributed by atoms with Crippen molar-refractivity contribution >= 4 is 5.91 Å². The van der Waals surface area contributed by atoms with E-state index in [4.69, 9.17) is 4.74 Å². The average Bonchev–Trinajstić information content (AvgIpc) is 2.69. The van der Waals surface area contributed by atoms with Gasteiger partial charge >= 0.3 is 6.18 Å².